The van der Waals surface area contributed by atoms with Crippen molar-refractivity contribution in [2.45, 2.75) is 34.1 Å². The van der Waals surface area contributed by atoms with Crippen LogP contribution in [0.3, 0.4) is 0 Å². The van der Waals surface area contributed by atoms with E-state index in [1.165, 1.54) is 0 Å². The largest absolute Gasteiger partial charge is 0.481 e. The maximum absolute atomic E-state index is 10.9. The minimum absolute atomic E-state index is 0.0942. The Labute approximate surface area is 196 Å². The number of hydrogen-bond acceptors (Lipinski definition) is 8. The number of fused-ring (bicyclic) bond motifs is 1. The zero-order chi connectivity index (χ0) is 24.2. The van der Waals surface area contributed by atoms with E-state index in [2.05, 4.69) is 15.0 Å². The number of carbonyl (C=O) groups is 1. The predicted octanol–water partition coefficient (Wildman–Crippen LogP) is 5.25. The van der Waals surface area contributed by atoms with Crippen LogP contribution in [0.1, 0.15) is 30.0 Å². The van der Waals surface area contributed by atoms with Crippen molar-refractivity contribution in [2.75, 3.05) is 13.2 Å². The Balaban J connectivity index is 1.72. The van der Waals surface area contributed by atoms with E-state index in [9.17, 15) is 4.79 Å². The number of aliphatic carboxylic acids is 1. The van der Waals surface area contributed by atoms with Crippen LogP contribution >= 0.6 is 0 Å². The minimum atomic E-state index is -1.04. The number of rotatable bonds is 9. The number of aryl methyl sites for hydroxylation is 3. The number of nitrogens with zero attached hydrogens (tertiary/aromatic N) is 3. The van der Waals surface area contributed by atoms with Crippen molar-refractivity contribution in [3.8, 4) is 34.8 Å². The average molecular weight is 463 g/mol. The molecule has 0 spiro atoms. The summed E-state index contributed by atoms with van der Waals surface area (Å²) in [6.07, 6.45) is 0.792. The molecule has 9 nitrogen and oxygen atoms in total. The van der Waals surface area contributed by atoms with E-state index in [0.29, 0.717) is 35.1 Å². The number of aromatic nitrogens is 3. The zero-order valence-electron chi connectivity index (χ0n) is 19.4. The Morgan fingerprint density at radius 2 is 1.79 bits per heavy atom. The average Bonchev–Trinajstić information content (AvgIpc) is 3.21. The maximum Gasteiger partial charge on any atom is 0.341 e. The molecule has 0 radical (unpaired) electrons. The lowest BCUT2D eigenvalue weighted by atomic mass is 10.1. The van der Waals surface area contributed by atoms with Crippen LogP contribution in [0.15, 0.2) is 40.8 Å². The summed E-state index contributed by atoms with van der Waals surface area (Å²) in [4.78, 5) is 24.2. The van der Waals surface area contributed by atoms with Crippen molar-refractivity contribution in [2.24, 2.45) is 0 Å². The standard InChI is InChI=1S/C25H25N3O6/c1-5-9-31-23-20-24(28-25(27-23)33-18-8-6-7-14(2)10-18)34-22(26-20)17-11-15(3)21(16(4)12-17)32-13-19(29)30/h6-8,10-12H,5,9,13H2,1-4H3,(H,29,30). The summed E-state index contributed by atoms with van der Waals surface area (Å²) in [6.45, 7) is 7.67. The molecule has 0 atom stereocenters. The van der Waals surface area contributed by atoms with E-state index in [-0.39, 0.29) is 17.6 Å². The fraction of sp³-hybridized carbons (Fsp3) is 0.280. The lowest BCUT2D eigenvalue weighted by Gasteiger charge is -2.11. The molecular formula is C25H25N3O6. The van der Waals surface area contributed by atoms with Gasteiger partial charge in [-0.3, -0.25) is 0 Å². The Bertz CT molecular complexity index is 1320. The molecule has 0 saturated heterocycles. The molecule has 0 aliphatic heterocycles. The van der Waals surface area contributed by atoms with Gasteiger partial charge in [-0.1, -0.05) is 19.1 Å². The molecule has 0 saturated carbocycles. The molecular weight excluding hydrogens is 438 g/mol. The number of oxazole rings is 1. The monoisotopic (exact) mass is 463 g/mol. The summed E-state index contributed by atoms with van der Waals surface area (Å²) in [6, 6.07) is 11.3. The Morgan fingerprint density at radius 3 is 2.47 bits per heavy atom. The van der Waals surface area contributed by atoms with E-state index >= 15 is 0 Å². The predicted molar refractivity (Wildman–Crippen MR) is 125 cm³/mol. The third-order valence-electron chi connectivity index (χ3n) is 4.90. The zero-order valence-corrected chi connectivity index (χ0v) is 19.4. The molecule has 4 aromatic rings. The van der Waals surface area contributed by atoms with E-state index < -0.39 is 12.6 Å². The molecule has 9 heteroatoms. The highest BCUT2D eigenvalue weighted by Gasteiger charge is 2.20. The molecule has 4 rings (SSSR count). The topological polar surface area (TPSA) is 117 Å². The van der Waals surface area contributed by atoms with Crippen LogP contribution < -0.4 is 14.2 Å². The first kappa shape index (κ1) is 23.0. The quantitative estimate of drug-likeness (QED) is 0.355. The molecule has 0 amide bonds. The summed E-state index contributed by atoms with van der Waals surface area (Å²) in [5.74, 6) is 0.684. The number of hydrogen-bond donors (Lipinski definition) is 1. The van der Waals surface area contributed by atoms with Crippen LogP contribution in [-0.4, -0.2) is 39.2 Å². The number of ether oxygens (including phenoxy) is 3. The second kappa shape index (κ2) is 9.78. The molecule has 34 heavy (non-hydrogen) atoms. The van der Waals surface area contributed by atoms with Crippen molar-refractivity contribution < 1.29 is 28.5 Å². The number of carboxylic acid groups (broad SMARTS) is 1. The Kier molecular flexibility index (Phi) is 6.62. The number of carboxylic acids is 1. The first-order valence-corrected chi connectivity index (χ1v) is 10.9. The van der Waals surface area contributed by atoms with Crippen LogP contribution in [-0.2, 0) is 4.79 Å². The summed E-state index contributed by atoms with van der Waals surface area (Å²) in [7, 11) is 0. The van der Waals surface area contributed by atoms with Crippen LogP contribution in [0.4, 0.5) is 0 Å². The summed E-state index contributed by atoms with van der Waals surface area (Å²) < 4.78 is 23.0. The van der Waals surface area contributed by atoms with Gasteiger partial charge < -0.3 is 23.7 Å². The van der Waals surface area contributed by atoms with Gasteiger partial charge in [0, 0.05) is 5.56 Å². The molecule has 2 aromatic heterocycles. The highest BCUT2D eigenvalue weighted by Crippen LogP contribution is 2.34. The summed E-state index contributed by atoms with van der Waals surface area (Å²) in [5.41, 5.74) is 3.88. The molecule has 176 valence electrons. The highest BCUT2D eigenvalue weighted by molar-refractivity contribution is 5.78. The van der Waals surface area contributed by atoms with E-state index in [1.807, 2.05) is 64.1 Å². The summed E-state index contributed by atoms with van der Waals surface area (Å²) in [5, 5.41) is 8.90. The van der Waals surface area contributed by atoms with Crippen LogP contribution in [0, 0.1) is 20.8 Å². The van der Waals surface area contributed by atoms with Gasteiger partial charge in [0.1, 0.15) is 11.5 Å². The van der Waals surface area contributed by atoms with E-state index in [4.69, 9.17) is 23.7 Å². The molecule has 0 unspecified atom stereocenters. The van der Waals surface area contributed by atoms with Gasteiger partial charge in [-0.05, 0) is 68.1 Å². The molecule has 0 aliphatic carbocycles. The van der Waals surface area contributed by atoms with Gasteiger partial charge in [0.2, 0.25) is 5.89 Å². The summed E-state index contributed by atoms with van der Waals surface area (Å²) >= 11 is 0. The van der Waals surface area contributed by atoms with Gasteiger partial charge in [-0.15, -0.1) is 0 Å². The van der Waals surface area contributed by atoms with Crippen molar-refractivity contribution in [3.05, 3.63) is 53.1 Å². The van der Waals surface area contributed by atoms with Crippen LogP contribution in [0.25, 0.3) is 22.7 Å². The third-order valence-corrected chi connectivity index (χ3v) is 4.90. The lowest BCUT2D eigenvalue weighted by molar-refractivity contribution is -0.139. The van der Waals surface area contributed by atoms with Crippen molar-refractivity contribution in [3.63, 3.8) is 0 Å². The Morgan fingerprint density at radius 1 is 1.03 bits per heavy atom. The van der Waals surface area contributed by atoms with Gasteiger partial charge >= 0.3 is 12.0 Å². The third kappa shape index (κ3) is 5.09. The van der Waals surface area contributed by atoms with Crippen molar-refractivity contribution in [1.82, 2.24) is 15.0 Å². The first-order valence-electron chi connectivity index (χ1n) is 10.9. The second-order valence-electron chi connectivity index (χ2n) is 7.87. The van der Waals surface area contributed by atoms with E-state index in [0.717, 1.165) is 23.1 Å². The first-order chi connectivity index (χ1) is 16.3. The molecule has 0 aliphatic rings. The van der Waals surface area contributed by atoms with Crippen molar-refractivity contribution in [1.29, 1.82) is 0 Å². The van der Waals surface area contributed by atoms with Gasteiger partial charge in [-0.2, -0.15) is 9.97 Å². The van der Waals surface area contributed by atoms with E-state index in [1.54, 1.807) is 0 Å². The maximum atomic E-state index is 10.9. The lowest BCUT2D eigenvalue weighted by Crippen LogP contribution is -2.10. The molecule has 0 bridgehead atoms. The normalized spacial score (nSPS) is 10.9. The van der Waals surface area contributed by atoms with Crippen LogP contribution in [0.2, 0.25) is 0 Å². The molecule has 0 fully saturated rings. The molecule has 2 heterocycles. The van der Waals surface area contributed by atoms with Gasteiger partial charge in [0.05, 0.1) is 6.61 Å². The minimum Gasteiger partial charge on any atom is -0.481 e. The fourth-order valence-corrected chi connectivity index (χ4v) is 3.47. The smallest absolute Gasteiger partial charge is 0.341 e. The van der Waals surface area contributed by atoms with Gasteiger partial charge in [-0.25, -0.2) is 9.78 Å². The number of benzene rings is 2. The van der Waals surface area contributed by atoms with Gasteiger partial charge in [0.15, 0.2) is 12.1 Å². The molecule has 1 N–H and O–H groups in total. The SMILES string of the molecule is CCCOc1nc(Oc2cccc(C)c2)nc2oc(-c3cc(C)c(OCC(=O)O)c(C)c3)nc12. The van der Waals surface area contributed by atoms with Gasteiger partial charge in [0.25, 0.3) is 11.6 Å². The second-order valence-corrected chi connectivity index (χ2v) is 7.87. The van der Waals surface area contributed by atoms with Crippen molar-refractivity contribution >= 4 is 17.2 Å². The molecule has 2 aromatic carbocycles. The highest BCUT2D eigenvalue weighted by atomic mass is 16.5. The fourth-order valence-electron chi connectivity index (χ4n) is 3.47. The van der Waals surface area contributed by atoms with Crippen LogP contribution in [0.5, 0.6) is 23.4 Å². The Hall–Kier alpha value is -4.14.